The highest BCUT2D eigenvalue weighted by molar-refractivity contribution is 7.80. The van der Waals surface area contributed by atoms with E-state index in [1.165, 1.54) is 0 Å². The fourth-order valence-electron chi connectivity index (χ4n) is 2.33. The monoisotopic (exact) mass is 406 g/mol. The lowest BCUT2D eigenvalue weighted by molar-refractivity contribution is -0.119. The summed E-state index contributed by atoms with van der Waals surface area (Å²) < 4.78 is 10.8. The van der Waals surface area contributed by atoms with Gasteiger partial charge in [0.2, 0.25) is 5.91 Å². The summed E-state index contributed by atoms with van der Waals surface area (Å²) in [6.07, 6.45) is 0.851. The third-order valence-electron chi connectivity index (χ3n) is 3.62. The van der Waals surface area contributed by atoms with Crippen molar-refractivity contribution in [3.63, 3.8) is 0 Å². The number of aryl methyl sites for hydroxylation is 1. The Morgan fingerprint density at radius 1 is 1.15 bits per heavy atom. The van der Waals surface area contributed by atoms with Gasteiger partial charge in [0.15, 0.2) is 5.11 Å². The standard InChI is InChI=1S/C20H23ClN2O3S/c1-2-25-12-13-26-17-8-5-7-16(14-17)22-20(27)23-19(24)11-10-15-6-3-4-9-18(15)21/h3-9,14H,2,10-13H2,1H3,(H2,22,23,24,27). The van der Waals surface area contributed by atoms with Crippen molar-refractivity contribution in [3.8, 4) is 5.75 Å². The quantitative estimate of drug-likeness (QED) is 0.482. The normalized spacial score (nSPS) is 10.3. The molecule has 0 unspecified atom stereocenters. The number of hydrogen-bond donors (Lipinski definition) is 2. The molecule has 144 valence electrons. The number of carbonyl (C=O) groups excluding carboxylic acids is 1. The summed E-state index contributed by atoms with van der Waals surface area (Å²) in [6.45, 7) is 3.61. The van der Waals surface area contributed by atoms with Gasteiger partial charge in [-0.25, -0.2) is 0 Å². The van der Waals surface area contributed by atoms with Crippen molar-refractivity contribution in [1.29, 1.82) is 0 Å². The topological polar surface area (TPSA) is 59.6 Å². The first-order valence-corrected chi connectivity index (χ1v) is 9.52. The van der Waals surface area contributed by atoms with Crippen molar-refractivity contribution in [3.05, 3.63) is 59.1 Å². The number of anilines is 1. The molecule has 0 aliphatic carbocycles. The number of thiocarbonyl (C=S) groups is 1. The molecule has 5 nitrogen and oxygen atoms in total. The van der Waals surface area contributed by atoms with Crippen LogP contribution in [0.4, 0.5) is 5.69 Å². The first-order valence-electron chi connectivity index (χ1n) is 8.73. The van der Waals surface area contributed by atoms with E-state index in [0.717, 1.165) is 11.3 Å². The van der Waals surface area contributed by atoms with Gasteiger partial charge in [0, 0.05) is 29.8 Å². The molecule has 0 aromatic heterocycles. The number of ether oxygens (including phenoxy) is 2. The molecule has 2 rings (SSSR count). The fourth-order valence-corrected chi connectivity index (χ4v) is 2.79. The molecule has 0 aliphatic heterocycles. The Bertz CT molecular complexity index is 770. The van der Waals surface area contributed by atoms with Crippen LogP contribution in [0.3, 0.4) is 0 Å². The van der Waals surface area contributed by atoms with E-state index in [1.54, 1.807) is 0 Å². The summed E-state index contributed by atoms with van der Waals surface area (Å²) in [5.74, 6) is 0.532. The van der Waals surface area contributed by atoms with Crippen LogP contribution in [-0.2, 0) is 16.0 Å². The van der Waals surface area contributed by atoms with Gasteiger partial charge >= 0.3 is 0 Å². The first kappa shape index (κ1) is 21.2. The summed E-state index contributed by atoms with van der Waals surface area (Å²) in [7, 11) is 0. The van der Waals surface area contributed by atoms with Crippen LogP contribution in [0.25, 0.3) is 0 Å². The molecule has 0 saturated carbocycles. The lowest BCUT2D eigenvalue weighted by Gasteiger charge is -2.12. The molecular formula is C20H23ClN2O3S. The summed E-state index contributed by atoms with van der Waals surface area (Å²) in [5.41, 5.74) is 1.67. The van der Waals surface area contributed by atoms with Crippen LogP contribution < -0.4 is 15.4 Å². The van der Waals surface area contributed by atoms with Gasteiger partial charge in [0.25, 0.3) is 0 Å². The molecule has 2 N–H and O–H groups in total. The molecule has 0 heterocycles. The van der Waals surface area contributed by atoms with E-state index in [2.05, 4.69) is 10.6 Å². The zero-order valence-corrected chi connectivity index (χ0v) is 16.7. The van der Waals surface area contributed by atoms with E-state index in [-0.39, 0.29) is 11.0 Å². The number of carbonyl (C=O) groups is 1. The van der Waals surface area contributed by atoms with Gasteiger partial charge in [-0.3, -0.25) is 4.79 Å². The minimum atomic E-state index is -0.170. The Morgan fingerprint density at radius 3 is 2.74 bits per heavy atom. The molecular weight excluding hydrogens is 384 g/mol. The molecule has 27 heavy (non-hydrogen) atoms. The van der Waals surface area contributed by atoms with Crippen LogP contribution in [0.2, 0.25) is 5.02 Å². The first-order chi connectivity index (χ1) is 13.1. The molecule has 0 bridgehead atoms. The predicted molar refractivity (Wildman–Crippen MR) is 113 cm³/mol. The van der Waals surface area contributed by atoms with Gasteiger partial charge in [-0.15, -0.1) is 0 Å². The number of rotatable bonds is 9. The van der Waals surface area contributed by atoms with Gasteiger partial charge in [-0.1, -0.05) is 35.9 Å². The van der Waals surface area contributed by atoms with Gasteiger partial charge in [0.1, 0.15) is 12.4 Å². The minimum Gasteiger partial charge on any atom is -0.491 e. The molecule has 2 aromatic rings. The van der Waals surface area contributed by atoms with E-state index >= 15 is 0 Å². The second-order valence-corrected chi connectivity index (χ2v) is 6.48. The molecule has 0 atom stereocenters. The fraction of sp³-hybridized carbons (Fsp3) is 0.300. The van der Waals surface area contributed by atoms with Crippen LogP contribution in [-0.4, -0.2) is 30.8 Å². The predicted octanol–water partition coefficient (Wildman–Crippen LogP) is 4.20. The van der Waals surface area contributed by atoms with Crippen LogP contribution in [0.1, 0.15) is 18.9 Å². The van der Waals surface area contributed by atoms with Crippen molar-refractivity contribution >= 4 is 40.5 Å². The number of benzene rings is 2. The van der Waals surface area contributed by atoms with E-state index in [9.17, 15) is 4.79 Å². The number of hydrogen-bond acceptors (Lipinski definition) is 4. The molecule has 0 spiro atoms. The number of amides is 1. The molecule has 1 amide bonds. The highest BCUT2D eigenvalue weighted by Gasteiger charge is 2.07. The zero-order chi connectivity index (χ0) is 19.5. The zero-order valence-electron chi connectivity index (χ0n) is 15.2. The summed E-state index contributed by atoms with van der Waals surface area (Å²) in [6, 6.07) is 14.8. The SMILES string of the molecule is CCOCCOc1cccc(NC(=S)NC(=O)CCc2ccccc2Cl)c1. The Balaban J connectivity index is 1.77. The number of halogens is 1. The van der Waals surface area contributed by atoms with Crippen molar-refractivity contribution < 1.29 is 14.3 Å². The van der Waals surface area contributed by atoms with Gasteiger partial charge < -0.3 is 20.1 Å². The second-order valence-electron chi connectivity index (χ2n) is 5.67. The van der Waals surface area contributed by atoms with Crippen molar-refractivity contribution in [1.82, 2.24) is 5.32 Å². The summed E-state index contributed by atoms with van der Waals surface area (Å²) in [4.78, 5) is 12.1. The average Bonchev–Trinajstić information content (AvgIpc) is 2.65. The van der Waals surface area contributed by atoms with Gasteiger partial charge in [-0.05, 0) is 49.3 Å². The van der Waals surface area contributed by atoms with Crippen molar-refractivity contribution in [2.45, 2.75) is 19.8 Å². The maximum Gasteiger partial charge on any atom is 0.226 e. The third-order valence-corrected chi connectivity index (χ3v) is 4.20. The average molecular weight is 407 g/mol. The highest BCUT2D eigenvalue weighted by atomic mass is 35.5. The lowest BCUT2D eigenvalue weighted by Crippen LogP contribution is -2.34. The lowest BCUT2D eigenvalue weighted by atomic mass is 10.1. The minimum absolute atomic E-state index is 0.170. The second kappa shape index (κ2) is 11.5. The van der Waals surface area contributed by atoms with Crippen LogP contribution in [0, 0.1) is 0 Å². The van der Waals surface area contributed by atoms with E-state index < -0.39 is 0 Å². The Labute approximate surface area is 170 Å². The smallest absolute Gasteiger partial charge is 0.226 e. The molecule has 7 heteroatoms. The molecule has 0 radical (unpaired) electrons. The van der Waals surface area contributed by atoms with Crippen molar-refractivity contribution in [2.75, 3.05) is 25.1 Å². The van der Waals surface area contributed by atoms with Gasteiger partial charge in [0.05, 0.1) is 6.61 Å². The summed E-state index contributed by atoms with van der Waals surface area (Å²) >= 11 is 11.3. The largest absolute Gasteiger partial charge is 0.491 e. The molecule has 0 aliphatic rings. The highest BCUT2D eigenvalue weighted by Crippen LogP contribution is 2.18. The van der Waals surface area contributed by atoms with Gasteiger partial charge in [-0.2, -0.15) is 0 Å². The van der Waals surface area contributed by atoms with Crippen molar-refractivity contribution in [2.24, 2.45) is 0 Å². The van der Waals surface area contributed by atoms with Crippen LogP contribution >= 0.6 is 23.8 Å². The molecule has 2 aromatic carbocycles. The Kier molecular flexibility index (Phi) is 9.04. The summed E-state index contributed by atoms with van der Waals surface area (Å²) in [5, 5.41) is 6.56. The maximum atomic E-state index is 12.1. The van der Waals surface area contributed by atoms with E-state index in [1.807, 2.05) is 55.5 Å². The van der Waals surface area contributed by atoms with Crippen LogP contribution in [0.5, 0.6) is 5.75 Å². The number of nitrogens with one attached hydrogen (secondary N) is 2. The molecule has 0 fully saturated rings. The maximum absolute atomic E-state index is 12.1. The van der Waals surface area contributed by atoms with E-state index in [0.29, 0.717) is 43.4 Å². The Morgan fingerprint density at radius 2 is 1.96 bits per heavy atom. The third kappa shape index (κ3) is 7.95. The van der Waals surface area contributed by atoms with E-state index in [4.69, 9.17) is 33.3 Å². The molecule has 0 saturated heterocycles. The van der Waals surface area contributed by atoms with Crippen LogP contribution in [0.15, 0.2) is 48.5 Å². The Hall–Kier alpha value is -2.15.